The zero-order valence-electron chi connectivity index (χ0n) is 16.8. The smallest absolute Gasteiger partial charge is 0.280 e. The third kappa shape index (κ3) is 3.92. The Balaban J connectivity index is 1.72. The predicted octanol–water partition coefficient (Wildman–Crippen LogP) is 2.68. The molecule has 1 aliphatic heterocycles. The molecular formula is C21H21F2N5O3. The Hall–Kier alpha value is -3.56. The highest BCUT2D eigenvalue weighted by molar-refractivity contribution is 6.00. The number of hydrogen-bond donors (Lipinski definition) is 1. The van der Waals surface area contributed by atoms with E-state index in [4.69, 9.17) is 10.5 Å². The average molecular weight is 429 g/mol. The molecule has 8 nitrogen and oxygen atoms in total. The van der Waals surface area contributed by atoms with E-state index >= 15 is 0 Å². The van der Waals surface area contributed by atoms with Crippen molar-refractivity contribution in [3.8, 4) is 17.0 Å². The van der Waals surface area contributed by atoms with Gasteiger partial charge in [-0.25, -0.2) is 18.3 Å². The molecule has 3 aromatic rings. The van der Waals surface area contributed by atoms with Gasteiger partial charge in [-0.15, -0.1) is 0 Å². The summed E-state index contributed by atoms with van der Waals surface area (Å²) >= 11 is 0. The molecule has 3 heterocycles. The van der Waals surface area contributed by atoms with E-state index in [1.54, 1.807) is 29.2 Å². The highest BCUT2D eigenvalue weighted by atomic mass is 19.3. The molecule has 2 aromatic heterocycles. The van der Waals surface area contributed by atoms with E-state index in [0.29, 0.717) is 42.9 Å². The number of fused-ring (bicyclic) bond motifs is 1. The Morgan fingerprint density at radius 2 is 1.87 bits per heavy atom. The summed E-state index contributed by atoms with van der Waals surface area (Å²) in [4.78, 5) is 30.5. The summed E-state index contributed by atoms with van der Waals surface area (Å²) in [5.74, 6) is -0.385. The van der Waals surface area contributed by atoms with Crippen molar-refractivity contribution in [2.24, 2.45) is 11.7 Å². The van der Waals surface area contributed by atoms with Gasteiger partial charge in [0, 0.05) is 24.6 Å². The second-order valence-electron chi connectivity index (χ2n) is 7.36. The van der Waals surface area contributed by atoms with Crippen LogP contribution in [0.1, 0.15) is 35.3 Å². The molecule has 1 saturated heterocycles. The fourth-order valence-electron chi connectivity index (χ4n) is 3.74. The maximum Gasteiger partial charge on any atom is 0.280 e. The summed E-state index contributed by atoms with van der Waals surface area (Å²) in [6, 6.07) is 8.08. The van der Waals surface area contributed by atoms with Crippen LogP contribution in [0.5, 0.6) is 5.75 Å². The fraction of sp³-hybridized carbons (Fsp3) is 0.333. The predicted molar refractivity (Wildman–Crippen MR) is 108 cm³/mol. The van der Waals surface area contributed by atoms with Crippen molar-refractivity contribution >= 4 is 17.5 Å². The second-order valence-corrected chi connectivity index (χ2v) is 7.36. The Morgan fingerprint density at radius 3 is 2.45 bits per heavy atom. The molecule has 0 atom stereocenters. The minimum atomic E-state index is -2.81. The zero-order valence-corrected chi connectivity index (χ0v) is 16.8. The molecule has 162 valence electrons. The van der Waals surface area contributed by atoms with Crippen LogP contribution in [-0.2, 0) is 4.79 Å². The van der Waals surface area contributed by atoms with Gasteiger partial charge in [-0.1, -0.05) is 0 Å². The Labute approximate surface area is 176 Å². The normalized spacial score (nSPS) is 14.9. The van der Waals surface area contributed by atoms with E-state index in [2.05, 4.69) is 10.1 Å². The van der Waals surface area contributed by atoms with E-state index < -0.39 is 6.43 Å². The van der Waals surface area contributed by atoms with Gasteiger partial charge in [0.05, 0.1) is 19.0 Å². The summed E-state index contributed by atoms with van der Waals surface area (Å²) in [5, 5.41) is 3.99. The maximum atomic E-state index is 13.7. The number of piperidine rings is 1. The van der Waals surface area contributed by atoms with Crippen molar-refractivity contribution < 1.29 is 23.1 Å². The molecule has 0 bridgehead atoms. The lowest BCUT2D eigenvalue weighted by Crippen LogP contribution is -2.41. The summed E-state index contributed by atoms with van der Waals surface area (Å²) in [7, 11) is 1.53. The highest BCUT2D eigenvalue weighted by Gasteiger charge is 2.29. The third-order valence-electron chi connectivity index (χ3n) is 5.52. The van der Waals surface area contributed by atoms with E-state index in [0.717, 1.165) is 4.52 Å². The second kappa shape index (κ2) is 8.29. The first-order valence-corrected chi connectivity index (χ1v) is 9.79. The summed E-state index contributed by atoms with van der Waals surface area (Å²) in [6.07, 6.45) is -0.619. The van der Waals surface area contributed by atoms with E-state index in [-0.39, 0.29) is 34.6 Å². The molecule has 31 heavy (non-hydrogen) atoms. The monoisotopic (exact) mass is 429 g/mol. The van der Waals surface area contributed by atoms with E-state index in [1.165, 1.54) is 19.4 Å². The molecule has 1 fully saturated rings. The van der Waals surface area contributed by atoms with Crippen molar-refractivity contribution in [3.63, 3.8) is 0 Å². The molecule has 0 radical (unpaired) electrons. The fourth-order valence-corrected chi connectivity index (χ4v) is 3.74. The van der Waals surface area contributed by atoms with Crippen LogP contribution in [0, 0.1) is 5.92 Å². The van der Waals surface area contributed by atoms with Gasteiger partial charge < -0.3 is 15.4 Å². The van der Waals surface area contributed by atoms with Crippen LogP contribution in [0.2, 0.25) is 0 Å². The van der Waals surface area contributed by atoms with Gasteiger partial charge in [0.15, 0.2) is 5.65 Å². The Morgan fingerprint density at radius 1 is 1.19 bits per heavy atom. The van der Waals surface area contributed by atoms with Crippen molar-refractivity contribution in [1.82, 2.24) is 19.5 Å². The van der Waals surface area contributed by atoms with Crippen molar-refractivity contribution in [3.05, 3.63) is 47.8 Å². The minimum Gasteiger partial charge on any atom is -0.497 e. The number of carbonyl (C=O) groups excluding carboxylic acids is 2. The van der Waals surface area contributed by atoms with Crippen LogP contribution in [0.4, 0.5) is 8.78 Å². The lowest BCUT2D eigenvalue weighted by molar-refractivity contribution is -0.123. The third-order valence-corrected chi connectivity index (χ3v) is 5.52. The van der Waals surface area contributed by atoms with Crippen LogP contribution in [0.3, 0.4) is 0 Å². The largest absolute Gasteiger partial charge is 0.497 e. The molecule has 0 aliphatic carbocycles. The number of halogens is 2. The number of methoxy groups -OCH3 is 1. The number of rotatable bonds is 5. The van der Waals surface area contributed by atoms with E-state index in [1.807, 2.05) is 0 Å². The number of nitrogens with two attached hydrogens (primary N) is 1. The van der Waals surface area contributed by atoms with Crippen LogP contribution < -0.4 is 10.5 Å². The molecule has 2 N–H and O–H groups in total. The number of likely N-dealkylation sites (tertiary alicyclic amines) is 1. The Bertz CT molecular complexity index is 1120. The quantitative estimate of drug-likeness (QED) is 0.672. The summed E-state index contributed by atoms with van der Waals surface area (Å²) in [5.41, 5.74) is 6.09. The van der Waals surface area contributed by atoms with E-state index in [9.17, 15) is 18.4 Å². The molecule has 0 unspecified atom stereocenters. The SMILES string of the molecule is COc1ccc(-c2cc(C(F)F)n3ncc(C(=O)N4CCC(C(N)=O)CC4)c3n2)cc1. The zero-order chi connectivity index (χ0) is 22.1. The Kier molecular flexibility index (Phi) is 5.53. The topological polar surface area (TPSA) is 103 Å². The lowest BCUT2D eigenvalue weighted by atomic mass is 9.96. The number of amides is 2. The number of hydrogen-bond acceptors (Lipinski definition) is 5. The number of carbonyl (C=O) groups is 2. The first-order valence-electron chi connectivity index (χ1n) is 9.79. The van der Waals surface area contributed by atoms with Gasteiger partial charge in [0.2, 0.25) is 5.91 Å². The van der Waals surface area contributed by atoms with Crippen molar-refractivity contribution in [2.75, 3.05) is 20.2 Å². The van der Waals surface area contributed by atoms with Gasteiger partial charge in [-0.2, -0.15) is 5.10 Å². The molecule has 0 saturated carbocycles. The first-order chi connectivity index (χ1) is 14.9. The molecule has 2 amide bonds. The van der Waals surface area contributed by atoms with Crippen LogP contribution in [0.25, 0.3) is 16.9 Å². The number of nitrogens with zero attached hydrogens (tertiary/aromatic N) is 4. The molecule has 1 aliphatic rings. The van der Waals surface area contributed by atoms with Crippen molar-refractivity contribution in [2.45, 2.75) is 19.3 Å². The highest BCUT2D eigenvalue weighted by Crippen LogP contribution is 2.28. The average Bonchev–Trinajstić information content (AvgIpc) is 3.22. The van der Waals surface area contributed by atoms with Crippen molar-refractivity contribution in [1.29, 1.82) is 0 Å². The maximum absolute atomic E-state index is 13.7. The summed E-state index contributed by atoms with van der Waals surface area (Å²) < 4.78 is 33.6. The number of aromatic nitrogens is 3. The molecule has 1 aromatic carbocycles. The van der Waals surface area contributed by atoms with Crippen LogP contribution in [-0.4, -0.2) is 51.5 Å². The number of alkyl halides is 2. The van der Waals surface area contributed by atoms with Crippen LogP contribution in [0.15, 0.2) is 36.5 Å². The number of ether oxygens (including phenoxy) is 1. The van der Waals surface area contributed by atoms with Gasteiger partial charge in [-0.3, -0.25) is 9.59 Å². The molecular weight excluding hydrogens is 408 g/mol. The summed E-state index contributed by atoms with van der Waals surface area (Å²) in [6.45, 7) is 0.702. The first kappa shape index (κ1) is 20.7. The number of benzene rings is 1. The van der Waals surface area contributed by atoms with Gasteiger partial charge >= 0.3 is 0 Å². The molecule has 4 rings (SSSR count). The lowest BCUT2D eigenvalue weighted by Gasteiger charge is -2.30. The van der Waals surface area contributed by atoms with Crippen LogP contribution >= 0.6 is 0 Å². The van der Waals surface area contributed by atoms with Gasteiger partial charge in [0.25, 0.3) is 12.3 Å². The molecule has 0 spiro atoms. The standard InChI is InChI=1S/C21H21F2N5O3/c1-31-14-4-2-12(3-5-14)16-10-17(18(22)23)28-20(26-16)15(11-25-28)21(30)27-8-6-13(7-9-27)19(24)29/h2-5,10-11,13,18H,6-9H2,1H3,(H2,24,29). The van der Waals surface area contributed by atoms with Gasteiger partial charge in [-0.05, 0) is 43.2 Å². The minimum absolute atomic E-state index is 0.0608. The van der Waals surface area contributed by atoms with Gasteiger partial charge in [0.1, 0.15) is 17.0 Å². The molecule has 10 heteroatoms. The number of primary amides is 1.